The van der Waals surface area contributed by atoms with Crippen LogP contribution in [0.4, 0.5) is 0 Å². The highest BCUT2D eigenvalue weighted by atomic mass is 16.5. The molecule has 0 atom stereocenters. The number of ether oxygens (including phenoxy) is 1. The van der Waals surface area contributed by atoms with Gasteiger partial charge in [-0.05, 0) is 44.0 Å². The molecule has 0 aromatic heterocycles. The highest BCUT2D eigenvalue weighted by Crippen LogP contribution is 2.38. The number of nitrogens with zero attached hydrogens (tertiary/aromatic N) is 1. The van der Waals surface area contributed by atoms with Crippen LogP contribution in [-0.4, -0.2) is 20.2 Å². The molecule has 1 fully saturated rings. The second-order valence-corrected chi connectivity index (χ2v) is 4.83. The van der Waals surface area contributed by atoms with Crippen LogP contribution in [-0.2, 0) is 11.8 Å². The SMILES string of the molecule is CCc1ccc(OC)c(C2(C#N)CCNCC2)c1. The zero-order valence-electron chi connectivity index (χ0n) is 11.1. The van der Waals surface area contributed by atoms with Crippen LogP contribution >= 0.6 is 0 Å². The third-order valence-corrected chi connectivity index (χ3v) is 3.86. The Balaban J connectivity index is 2.49. The summed E-state index contributed by atoms with van der Waals surface area (Å²) in [5.41, 5.74) is 1.94. The normalized spacial score (nSPS) is 18.1. The lowest BCUT2D eigenvalue weighted by atomic mass is 9.73. The van der Waals surface area contributed by atoms with Gasteiger partial charge in [-0.3, -0.25) is 0 Å². The Kier molecular flexibility index (Phi) is 3.88. The number of rotatable bonds is 3. The Morgan fingerprint density at radius 2 is 2.11 bits per heavy atom. The first-order chi connectivity index (χ1) is 8.75. The predicted molar refractivity (Wildman–Crippen MR) is 71.8 cm³/mol. The predicted octanol–water partition coefficient (Wildman–Crippen LogP) is 2.40. The Morgan fingerprint density at radius 3 is 2.67 bits per heavy atom. The lowest BCUT2D eigenvalue weighted by Crippen LogP contribution is -2.39. The summed E-state index contributed by atoms with van der Waals surface area (Å²) in [6, 6.07) is 8.76. The van der Waals surface area contributed by atoms with Gasteiger partial charge in [-0.1, -0.05) is 19.1 Å². The van der Waals surface area contributed by atoms with E-state index < -0.39 is 0 Å². The van der Waals surface area contributed by atoms with Crippen LogP contribution in [0.25, 0.3) is 0 Å². The van der Waals surface area contributed by atoms with E-state index in [2.05, 4.69) is 30.4 Å². The molecule has 0 aliphatic carbocycles. The van der Waals surface area contributed by atoms with E-state index >= 15 is 0 Å². The van der Waals surface area contributed by atoms with Crippen LogP contribution in [0.3, 0.4) is 0 Å². The van der Waals surface area contributed by atoms with Gasteiger partial charge in [0.15, 0.2) is 0 Å². The summed E-state index contributed by atoms with van der Waals surface area (Å²) in [5, 5.41) is 13.0. The fourth-order valence-corrected chi connectivity index (χ4v) is 2.64. The van der Waals surface area contributed by atoms with Crippen molar-refractivity contribution >= 4 is 0 Å². The van der Waals surface area contributed by atoms with Gasteiger partial charge in [0.25, 0.3) is 0 Å². The summed E-state index contributed by atoms with van der Waals surface area (Å²) in [4.78, 5) is 0. The molecule has 0 spiro atoms. The number of hydrogen-bond donors (Lipinski definition) is 1. The van der Waals surface area contributed by atoms with E-state index in [1.54, 1.807) is 7.11 Å². The molecule has 96 valence electrons. The summed E-state index contributed by atoms with van der Waals surface area (Å²) in [6.45, 7) is 3.92. The largest absolute Gasteiger partial charge is 0.496 e. The zero-order valence-corrected chi connectivity index (χ0v) is 11.1. The lowest BCUT2D eigenvalue weighted by Gasteiger charge is -2.33. The minimum absolute atomic E-state index is 0.387. The number of nitriles is 1. The summed E-state index contributed by atoms with van der Waals surface area (Å²) >= 11 is 0. The second kappa shape index (κ2) is 5.41. The molecule has 1 aromatic carbocycles. The van der Waals surface area contributed by atoms with E-state index in [1.807, 2.05) is 6.07 Å². The first-order valence-corrected chi connectivity index (χ1v) is 6.55. The minimum Gasteiger partial charge on any atom is -0.496 e. The highest BCUT2D eigenvalue weighted by molar-refractivity contribution is 5.46. The van der Waals surface area contributed by atoms with Crippen LogP contribution in [0.2, 0.25) is 0 Å². The Hall–Kier alpha value is -1.53. The Bertz CT molecular complexity index is 456. The first-order valence-electron chi connectivity index (χ1n) is 6.55. The number of nitrogens with one attached hydrogen (secondary N) is 1. The van der Waals surface area contributed by atoms with Crippen molar-refractivity contribution in [2.75, 3.05) is 20.2 Å². The number of piperidine rings is 1. The molecule has 0 bridgehead atoms. The number of hydrogen-bond acceptors (Lipinski definition) is 3. The summed E-state index contributed by atoms with van der Waals surface area (Å²) in [5.74, 6) is 0.843. The van der Waals surface area contributed by atoms with E-state index in [1.165, 1.54) is 5.56 Å². The van der Waals surface area contributed by atoms with Crippen LogP contribution in [0, 0.1) is 11.3 Å². The van der Waals surface area contributed by atoms with Gasteiger partial charge < -0.3 is 10.1 Å². The summed E-state index contributed by atoms with van der Waals surface area (Å²) in [6.07, 6.45) is 2.69. The van der Waals surface area contributed by atoms with Crippen LogP contribution in [0.5, 0.6) is 5.75 Å². The molecule has 1 heterocycles. The molecular formula is C15H20N2O. The molecule has 0 amide bonds. The van der Waals surface area contributed by atoms with Gasteiger partial charge in [-0.25, -0.2) is 0 Å². The monoisotopic (exact) mass is 244 g/mol. The third-order valence-electron chi connectivity index (χ3n) is 3.86. The molecule has 2 rings (SSSR count). The molecule has 0 saturated carbocycles. The van der Waals surface area contributed by atoms with Crippen LogP contribution < -0.4 is 10.1 Å². The van der Waals surface area contributed by atoms with E-state index in [9.17, 15) is 5.26 Å². The maximum absolute atomic E-state index is 9.65. The molecular weight excluding hydrogens is 224 g/mol. The summed E-state index contributed by atoms with van der Waals surface area (Å²) in [7, 11) is 1.68. The van der Waals surface area contributed by atoms with Crippen molar-refractivity contribution in [2.24, 2.45) is 0 Å². The van der Waals surface area contributed by atoms with E-state index in [-0.39, 0.29) is 5.41 Å². The molecule has 3 heteroatoms. The molecule has 1 aliphatic rings. The zero-order chi connectivity index (χ0) is 13.0. The van der Waals surface area contributed by atoms with Crippen molar-refractivity contribution in [3.05, 3.63) is 29.3 Å². The lowest BCUT2D eigenvalue weighted by molar-refractivity contribution is 0.353. The van der Waals surface area contributed by atoms with Crippen molar-refractivity contribution in [3.63, 3.8) is 0 Å². The molecule has 3 nitrogen and oxygen atoms in total. The molecule has 1 aromatic rings. The first kappa shape index (κ1) is 12.9. The third kappa shape index (κ3) is 2.21. The molecule has 0 radical (unpaired) electrons. The number of aryl methyl sites for hydroxylation is 1. The van der Waals surface area contributed by atoms with E-state index in [0.29, 0.717) is 0 Å². The van der Waals surface area contributed by atoms with Gasteiger partial charge in [-0.2, -0.15) is 5.26 Å². The van der Waals surface area contributed by atoms with Crippen molar-refractivity contribution in [1.82, 2.24) is 5.32 Å². The summed E-state index contributed by atoms with van der Waals surface area (Å²) < 4.78 is 5.45. The topological polar surface area (TPSA) is 45.0 Å². The highest BCUT2D eigenvalue weighted by Gasteiger charge is 2.36. The Morgan fingerprint density at radius 1 is 1.39 bits per heavy atom. The van der Waals surface area contributed by atoms with Crippen molar-refractivity contribution in [1.29, 1.82) is 5.26 Å². The van der Waals surface area contributed by atoms with Gasteiger partial charge in [0.05, 0.1) is 18.6 Å². The molecule has 1 aliphatic heterocycles. The molecule has 1 saturated heterocycles. The fourth-order valence-electron chi connectivity index (χ4n) is 2.64. The average Bonchev–Trinajstić information content (AvgIpc) is 2.47. The molecule has 0 unspecified atom stereocenters. The van der Waals surface area contributed by atoms with Gasteiger partial charge in [0, 0.05) is 5.56 Å². The van der Waals surface area contributed by atoms with E-state index in [4.69, 9.17) is 4.74 Å². The van der Waals surface area contributed by atoms with E-state index in [0.717, 1.165) is 43.7 Å². The Labute approximate surface area is 109 Å². The van der Waals surface area contributed by atoms with Gasteiger partial charge in [0.1, 0.15) is 5.75 Å². The number of methoxy groups -OCH3 is 1. The fraction of sp³-hybridized carbons (Fsp3) is 0.533. The van der Waals surface area contributed by atoms with Crippen LogP contribution in [0.1, 0.15) is 30.9 Å². The van der Waals surface area contributed by atoms with Gasteiger partial charge in [-0.15, -0.1) is 0 Å². The quantitative estimate of drug-likeness (QED) is 0.888. The smallest absolute Gasteiger partial charge is 0.123 e. The standard InChI is InChI=1S/C15H20N2O/c1-3-12-4-5-14(18-2)13(10-12)15(11-16)6-8-17-9-7-15/h4-5,10,17H,3,6-9H2,1-2H3. The average molecular weight is 244 g/mol. The molecule has 1 N–H and O–H groups in total. The van der Waals surface area contributed by atoms with Gasteiger partial charge in [0.2, 0.25) is 0 Å². The van der Waals surface area contributed by atoms with Crippen LogP contribution in [0.15, 0.2) is 18.2 Å². The molecule has 18 heavy (non-hydrogen) atoms. The van der Waals surface area contributed by atoms with Gasteiger partial charge >= 0.3 is 0 Å². The number of benzene rings is 1. The van der Waals surface area contributed by atoms with Crippen molar-refractivity contribution in [2.45, 2.75) is 31.6 Å². The maximum atomic E-state index is 9.65. The maximum Gasteiger partial charge on any atom is 0.123 e. The second-order valence-electron chi connectivity index (χ2n) is 4.83. The minimum atomic E-state index is -0.387. The van der Waals surface area contributed by atoms with Crippen molar-refractivity contribution in [3.8, 4) is 11.8 Å². The van der Waals surface area contributed by atoms with Crippen molar-refractivity contribution < 1.29 is 4.74 Å².